The molecule has 0 aliphatic heterocycles. The Balaban J connectivity index is 2.15. The molecule has 0 aliphatic rings. The van der Waals surface area contributed by atoms with Gasteiger partial charge in [0.1, 0.15) is 4.99 Å². The molecule has 4 nitrogen and oxygen atoms in total. The van der Waals surface area contributed by atoms with Gasteiger partial charge in [-0.15, -0.1) is 0 Å². The zero-order chi connectivity index (χ0) is 15.5. The zero-order valence-electron chi connectivity index (χ0n) is 11.5. The number of rotatable bonds is 5. The molecule has 0 unspecified atom stereocenters. The van der Waals surface area contributed by atoms with Crippen molar-refractivity contribution in [3.05, 3.63) is 65.2 Å². The predicted octanol–water partition coefficient (Wildman–Crippen LogP) is 2.57. The molecule has 0 atom stereocenters. The summed E-state index contributed by atoms with van der Waals surface area (Å²) in [5.41, 5.74) is 8.47. The molecular weight excluding hydrogens is 304 g/mol. The summed E-state index contributed by atoms with van der Waals surface area (Å²) in [5, 5.41) is 0. The number of hydrogen-bond donors (Lipinski definition) is 2. The maximum atomic E-state index is 12.2. The third kappa shape index (κ3) is 4.54. The lowest BCUT2D eigenvalue weighted by Gasteiger charge is -2.09. The van der Waals surface area contributed by atoms with E-state index in [1.165, 1.54) is 0 Å². The molecule has 0 aliphatic carbocycles. The first-order valence-corrected chi connectivity index (χ1v) is 8.38. The number of thiocarbonyl (C=S) groups is 1. The van der Waals surface area contributed by atoms with Crippen molar-refractivity contribution in [1.82, 2.24) is 0 Å². The van der Waals surface area contributed by atoms with E-state index in [2.05, 4.69) is 4.72 Å². The van der Waals surface area contributed by atoms with E-state index in [9.17, 15) is 8.42 Å². The molecular formula is C15H16N2O2S2. The van der Waals surface area contributed by atoms with Crippen molar-refractivity contribution in [2.75, 3.05) is 4.72 Å². The minimum Gasteiger partial charge on any atom is -0.389 e. The second kappa shape index (κ2) is 6.24. The summed E-state index contributed by atoms with van der Waals surface area (Å²) >= 11 is 4.89. The van der Waals surface area contributed by atoms with E-state index in [4.69, 9.17) is 18.0 Å². The molecule has 6 heteroatoms. The van der Waals surface area contributed by atoms with Crippen LogP contribution < -0.4 is 10.5 Å². The Bertz CT molecular complexity index is 753. The predicted molar refractivity (Wildman–Crippen MR) is 89.8 cm³/mol. The van der Waals surface area contributed by atoms with Crippen LogP contribution in [-0.2, 0) is 15.8 Å². The van der Waals surface area contributed by atoms with Gasteiger partial charge in [-0.25, -0.2) is 8.42 Å². The van der Waals surface area contributed by atoms with Gasteiger partial charge in [0.25, 0.3) is 0 Å². The number of nitrogens with one attached hydrogen (secondary N) is 1. The Morgan fingerprint density at radius 2 is 1.86 bits per heavy atom. The first kappa shape index (κ1) is 15.5. The molecule has 2 rings (SSSR count). The monoisotopic (exact) mass is 320 g/mol. The van der Waals surface area contributed by atoms with Gasteiger partial charge in [-0.05, 0) is 30.7 Å². The number of hydrogen-bond acceptors (Lipinski definition) is 3. The van der Waals surface area contributed by atoms with Crippen LogP contribution in [0.25, 0.3) is 0 Å². The largest absolute Gasteiger partial charge is 0.389 e. The van der Waals surface area contributed by atoms with E-state index in [0.717, 1.165) is 5.56 Å². The van der Waals surface area contributed by atoms with Crippen LogP contribution >= 0.6 is 12.2 Å². The summed E-state index contributed by atoms with van der Waals surface area (Å²) < 4.78 is 26.9. The maximum Gasteiger partial charge on any atom is 0.236 e. The minimum absolute atomic E-state index is 0.128. The fourth-order valence-electron chi connectivity index (χ4n) is 1.87. The average Bonchev–Trinajstić information content (AvgIpc) is 2.41. The number of nitrogens with two attached hydrogens (primary N) is 1. The Morgan fingerprint density at radius 1 is 1.19 bits per heavy atom. The Morgan fingerprint density at radius 3 is 2.48 bits per heavy atom. The number of sulfonamides is 1. The quantitative estimate of drug-likeness (QED) is 0.831. The number of benzene rings is 2. The molecule has 21 heavy (non-hydrogen) atoms. The molecule has 2 aromatic carbocycles. The highest BCUT2D eigenvalue weighted by atomic mass is 32.2. The van der Waals surface area contributed by atoms with Crippen molar-refractivity contribution in [1.29, 1.82) is 0 Å². The summed E-state index contributed by atoms with van der Waals surface area (Å²) in [6.07, 6.45) is 0. The molecule has 0 heterocycles. The first-order chi connectivity index (χ1) is 9.85. The van der Waals surface area contributed by atoms with Gasteiger partial charge < -0.3 is 5.73 Å². The van der Waals surface area contributed by atoms with Gasteiger partial charge >= 0.3 is 0 Å². The van der Waals surface area contributed by atoms with Crippen molar-refractivity contribution < 1.29 is 8.42 Å². The van der Waals surface area contributed by atoms with Crippen molar-refractivity contribution in [3.8, 4) is 0 Å². The molecule has 3 N–H and O–H groups in total. The van der Waals surface area contributed by atoms with Crippen LogP contribution in [0.3, 0.4) is 0 Å². The second-order valence-corrected chi connectivity index (χ2v) is 6.95. The van der Waals surface area contributed by atoms with Crippen LogP contribution in [0.1, 0.15) is 16.7 Å². The van der Waals surface area contributed by atoms with E-state index >= 15 is 0 Å². The molecule has 0 bridgehead atoms. The van der Waals surface area contributed by atoms with Crippen molar-refractivity contribution >= 4 is 32.9 Å². The van der Waals surface area contributed by atoms with Gasteiger partial charge in [-0.3, -0.25) is 4.72 Å². The maximum absolute atomic E-state index is 12.2. The molecule has 2 aromatic rings. The lowest BCUT2D eigenvalue weighted by Crippen LogP contribution is -2.16. The fraction of sp³-hybridized carbons (Fsp3) is 0.133. The SMILES string of the molecule is Cc1ccc(NS(=O)(=O)Cc2cccc(C(N)=S)c2)cc1. The Labute approximate surface area is 130 Å². The van der Waals surface area contributed by atoms with Crippen LogP contribution in [0, 0.1) is 6.92 Å². The van der Waals surface area contributed by atoms with E-state index in [-0.39, 0.29) is 10.7 Å². The fourth-order valence-corrected chi connectivity index (χ4v) is 3.18. The van der Waals surface area contributed by atoms with Gasteiger partial charge in [0, 0.05) is 11.3 Å². The second-order valence-electron chi connectivity index (χ2n) is 4.79. The van der Waals surface area contributed by atoms with Crippen molar-refractivity contribution in [2.24, 2.45) is 5.73 Å². The first-order valence-electron chi connectivity index (χ1n) is 6.32. The summed E-state index contributed by atoms with van der Waals surface area (Å²) in [6.45, 7) is 1.94. The molecule has 0 fully saturated rings. The third-order valence-electron chi connectivity index (χ3n) is 2.89. The van der Waals surface area contributed by atoms with Crippen molar-refractivity contribution in [3.63, 3.8) is 0 Å². The molecule has 0 saturated heterocycles. The highest BCUT2D eigenvalue weighted by Gasteiger charge is 2.12. The lowest BCUT2D eigenvalue weighted by molar-refractivity contribution is 0.600. The Kier molecular flexibility index (Phi) is 4.59. The van der Waals surface area contributed by atoms with Gasteiger partial charge in [0.2, 0.25) is 10.0 Å². The number of anilines is 1. The summed E-state index contributed by atoms with van der Waals surface area (Å²) in [5.74, 6) is -0.128. The van der Waals surface area contributed by atoms with E-state index in [1.54, 1.807) is 36.4 Å². The molecule has 0 amide bonds. The van der Waals surface area contributed by atoms with Crippen molar-refractivity contribution in [2.45, 2.75) is 12.7 Å². The highest BCUT2D eigenvalue weighted by Crippen LogP contribution is 2.14. The van der Waals surface area contributed by atoms with Gasteiger partial charge in [0.15, 0.2) is 0 Å². The molecule has 0 radical (unpaired) electrons. The highest BCUT2D eigenvalue weighted by molar-refractivity contribution is 7.91. The molecule has 0 saturated carbocycles. The standard InChI is InChI=1S/C15H16N2O2S2/c1-11-5-7-14(8-6-11)17-21(18,19)10-12-3-2-4-13(9-12)15(16)20/h2-9,17H,10H2,1H3,(H2,16,20). The van der Waals surface area contributed by atoms with E-state index < -0.39 is 10.0 Å². The van der Waals surface area contributed by atoms with Gasteiger partial charge in [-0.2, -0.15) is 0 Å². The van der Waals surface area contributed by atoms with E-state index in [1.807, 2.05) is 19.1 Å². The summed E-state index contributed by atoms with van der Waals surface area (Å²) in [7, 11) is -3.48. The normalized spacial score (nSPS) is 11.1. The topological polar surface area (TPSA) is 72.2 Å². The van der Waals surface area contributed by atoms with Crippen LogP contribution in [0.2, 0.25) is 0 Å². The molecule has 110 valence electrons. The van der Waals surface area contributed by atoms with Crippen LogP contribution in [0.5, 0.6) is 0 Å². The zero-order valence-corrected chi connectivity index (χ0v) is 13.2. The number of aryl methyl sites for hydroxylation is 1. The molecule has 0 spiro atoms. The average molecular weight is 320 g/mol. The third-order valence-corrected chi connectivity index (χ3v) is 4.39. The lowest BCUT2D eigenvalue weighted by atomic mass is 10.1. The summed E-state index contributed by atoms with van der Waals surface area (Å²) in [4.78, 5) is 0.251. The van der Waals surface area contributed by atoms with Gasteiger partial charge in [0.05, 0.1) is 5.75 Å². The van der Waals surface area contributed by atoms with Crippen LogP contribution in [0.4, 0.5) is 5.69 Å². The van der Waals surface area contributed by atoms with Gasteiger partial charge in [-0.1, -0.05) is 48.1 Å². The van der Waals surface area contributed by atoms with Crippen LogP contribution in [0.15, 0.2) is 48.5 Å². The van der Waals surface area contributed by atoms with Crippen LogP contribution in [-0.4, -0.2) is 13.4 Å². The minimum atomic E-state index is -3.48. The summed E-state index contributed by atoms with van der Waals surface area (Å²) in [6, 6.07) is 14.1. The van der Waals surface area contributed by atoms with E-state index in [0.29, 0.717) is 16.8 Å². The smallest absolute Gasteiger partial charge is 0.236 e. The Hall–Kier alpha value is -1.92. The molecule has 0 aromatic heterocycles.